The molecule has 0 aliphatic carbocycles. The normalized spacial score (nSPS) is 17.9. The largest absolute Gasteiger partial charge is 0.490 e. The lowest BCUT2D eigenvalue weighted by Crippen LogP contribution is -2.65. The van der Waals surface area contributed by atoms with Crippen molar-refractivity contribution in [3.8, 4) is 5.88 Å². The Morgan fingerprint density at radius 2 is 1.64 bits per heavy atom. The third kappa shape index (κ3) is 10.0. The molecular formula is C21H24F6N6O6. The molecule has 216 valence electrons. The highest BCUT2D eigenvalue weighted by molar-refractivity contribution is 5.73. The molecule has 0 radical (unpaired) electrons. The predicted molar refractivity (Wildman–Crippen MR) is 120 cm³/mol. The maximum absolute atomic E-state index is 10.6. The first-order valence-electron chi connectivity index (χ1n) is 11.0. The lowest BCUT2D eigenvalue weighted by Gasteiger charge is -2.53. The Morgan fingerprint density at radius 1 is 1.08 bits per heavy atom. The van der Waals surface area contributed by atoms with Crippen LogP contribution in [0.5, 0.6) is 5.88 Å². The zero-order valence-electron chi connectivity index (χ0n) is 20.2. The Hall–Kier alpha value is -3.96. The predicted octanol–water partition coefficient (Wildman–Crippen LogP) is 2.64. The van der Waals surface area contributed by atoms with Crippen molar-refractivity contribution in [2.45, 2.75) is 30.8 Å². The minimum Gasteiger partial charge on any atom is -0.481 e. The van der Waals surface area contributed by atoms with Crippen LogP contribution in [0.25, 0.3) is 0 Å². The van der Waals surface area contributed by atoms with Crippen LogP contribution in [0.2, 0.25) is 0 Å². The molecule has 2 fully saturated rings. The summed E-state index contributed by atoms with van der Waals surface area (Å²) in [5.74, 6) is -2.87. The van der Waals surface area contributed by atoms with Gasteiger partial charge in [0.1, 0.15) is 17.7 Å². The smallest absolute Gasteiger partial charge is 0.481 e. The SMILES string of the molecule is COc1cc(N2CC3(CCC(CNc4ncccn4)CO3)C2)ncn1.O=C(O)C(F)(F)F.O=C(O)C(F)(F)F. The van der Waals surface area contributed by atoms with E-state index in [4.69, 9.17) is 29.3 Å². The zero-order valence-corrected chi connectivity index (χ0v) is 20.2. The Kier molecular flexibility index (Phi) is 10.6. The molecule has 0 saturated carbocycles. The van der Waals surface area contributed by atoms with Crippen molar-refractivity contribution in [2.24, 2.45) is 5.92 Å². The van der Waals surface area contributed by atoms with Gasteiger partial charge in [-0.15, -0.1) is 0 Å². The number of carboxylic acids is 2. The molecule has 2 aromatic rings. The van der Waals surface area contributed by atoms with Gasteiger partial charge >= 0.3 is 24.3 Å². The lowest BCUT2D eigenvalue weighted by atomic mass is 9.83. The fourth-order valence-electron chi connectivity index (χ4n) is 3.38. The van der Waals surface area contributed by atoms with Gasteiger partial charge < -0.3 is 29.9 Å². The molecule has 3 N–H and O–H groups in total. The van der Waals surface area contributed by atoms with Crippen molar-refractivity contribution < 1.29 is 55.6 Å². The van der Waals surface area contributed by atoms with E-state index in [-0.39, 0.29) is 5.60 Å². The van der Waals surface area contributed by atoms with Crippen LogP contribution in [0.1, 0.15) is 12.8 Å². The van der Waals surface area contributed by atoms with Gasteiger partial charge in [-0.25, -0.2) is 29.5 Å². The fourth-order valence-corrected chi connectivity index (χ4v) is 3.38. The maximum atomic E-state index is 10.6. The average Bonchev–Trinajstić information content (AvgIpc) is 2.86. The van der Waals surface area contributed by atoms with E-state index in [1.807, 2.05) is 12.1 Å². The minimum atomic E-state index is -5.08. The van der Waals surface area contributed by atoms with Crippen LogP contribution >= 0.6 is 0 Å². The molecule has 0 aromatic carbocycles. The van der Waals surface area contributed by atoms with Crippen LogP contribution in [0.3, 0.4) is 0 Å². The van der Waals surface area contributed by atoms with Crippen LogP contribution in [0, 0.1) is 5.92 Å². The Morgan fingerprint density at radius 3 is 2.10 bits per heavy atom. The molecule has 1 atom stereocenters. The summed E-state index contributed by atoms with van der Waals surface area (Å²) in [6.45, 7) is 3.35. The van der Waals surface area contributed by atoms with E-state index in [1.165, 1.54) is 6.33 Å². The van der Waals surface area contributed by atoms with E-state index in [2.05, 4.69) is 30.2 Å². The third-order valence-corrected chi connectivity index (χ3v) is 5.35. The number of ether oxygens (including phenoxy) is 2. The molecular weight excluding hydrogens is 546 g/mol. The number of aliphatic carboxylic acids is 2. The van der Waals surface area contributed by atoms with Crippen LogP contribution in [-0.4, -0.2) is 93.4 Å². The summed E-state index contributed by atoms with van der Waals surface area (Å²) < 4.78 is 74.8. The molecule has 2 aliphatic rings. The summed E-state index contributed by atoms with van der Waals surface area (Å²) in [4.78, 5) is 36.7. The molecule has 4 heterocycles. The van der Waals surface area contributed by atoms with Gasteiger partial charge in [0.15, 0.2) is 0 Å². The summed E-state index contributed by atoms with van der Waals surface area (Å²) in [7, 11) is 1.61. The first-order chi connectivity index (χ1) is 18.1. The number of aromatic nitrogens is 4. The van der Waals surface area contributed by atoms with Crippen LogP contribution in [0.4, 0.5) is 38.1 Å². The van der Waals surface area contributed by atoms with Crippen LogP contribution in [0.15, 0.2) is 30.9 Å². The number of nitrogens with one attached hydrogen (secondary N) is 1. The van der Waals surface area contributed by atoms with Gasteiger partial charge in [0.25, 0.3) is 0 Å². The molecule has 1 unspecified atom stereocenters. The van der Waals surface area contributed by atoms with Gasteiger partial charge in [0, 0.05) is 25.0 Å². The molecule has 1 spiro atoms. The standard InChI is InChI=1S/C17H22N6O2.2C2HF3O2/c1-24-15-7-14(21-12-22-15)23-10-17(11-23)4-3-13(9-25-17)8-20-16-18-5-2-6-19-16;2*3-2(4,5)1(6)7/h2,5-7,12-13H,3-4,8-11H2,1H3,(H,18,19,20);2*(H,6,7). The second-order valence-electron chi connectivity index (χ2n) is 8.23. The van der Waals surface area contributed by atoms with Crippen molar-refractivity contribution >= 4 is 23.7 Å². The number of rotatable bonds is 5. The van der Waals surface area contributed by atoms with Crippen LogP contribution < -0.4 is 15.0 Å². The van der Waals surface area contributed by atoms with E-state index in [1.54, 1.807) is 19.5 Å². The van der Waals surface area contributed by atoms with Gasteiger partial charge in [-0.2, -0.15) is 26.3 Å². The summed E-state index contributed by atoms with van der Waals surface area (Å²) in [5.41, 5.74) is -0.0298. The molecule has 12 nitrogen and oxygen atoms in total. The van der Waals surface area contributed by atoms with E-state index in [0.717, 1.165) is 44.9 Å². The Balaban J connectivity index is 0.000000317. The number of nitrogens with zero attached hydrogens (tertiary/aromatic N) is 5. The van der Waals surface area contributed by atoms with Gasteiger partial charge in [-0.05, 0) is 24.8 Å². The molecule has 2 aliphatic heterocycles. The highest BCUT2D eigenvalue weighted by Gasteiger charge is 2.47. The zero-order chi connectivity index (χ0) is 29.3. The third-order valence-electron chi connectivity index (χ3n) is 5.35. The number of carboxylic acid groups (broad SMARTS) is 2. The van der Waals surface area contributed by atoms with E-state index in [9.17, 15) is 26.3 Å². The summed E-state index contributed by atoms with van der Waals surface area (Å²) >= 11 is 0. The summed E-state index contributed by atoms with van der Waals surface area (Å²) in [6, 6.07) is 3.68. The van der Waals surface area contributed by atoms with E-state index < -0.39 is 24.3 Å². The highest BCUT2D eigenvalue weighted by atomic mass is 19.4. The minimum absolute atomic E-state index is 0.0298. The van der Waals surface area contributed by atoms with E-state index >= 15 is 0 Å². The fraction of sp³-hybridized carbons (Fsp3) is 0.524. The van der Waals surface area contributed by atoms with Gasteiger partial charge in [0.2, 0.25) is 11.8 Å². The van der Waals surface area contributed by atoms with Crippen LogP contribution in [-0.2, 0) is 14.3 Å². The van der Waals surface area contributed by atoms with Gasteiger partial charge in [-0.1, -0.05) is 0 Å². The molecule has 2 aromatic heterocycles. The number of hydrogen-bond acceptors (Lipinski definition) is 10. The quantitative estimate of drug-likeness (QED) is 0.452. The average molecular weight is 570 g/mol. The summed E-state index contributed by atoms with van der Waals surface area (Å²) in [6.07, 6.45) is -2.94. The Labute approximate surface area is 217 Å². The van der Waals surface area contributed by atoms with Gasteiger partial charge in [0.05, 0.1) is 26.8 Å². The molecule has 18 heteroatoms. The van der Waals surface area contributed by atoms with Crippen molar-refractivity contribution in [1.29, 1.82) is 0 Å². The number of carbonyl (C=O) groups is 2. The first-order valence-corrected chi connectivity index (χ1v) is 11.0. The topological polar surface area (TPSA) is 160 Å². The number of alkyl halides is 6. The Bertz CT molecular complexity index is 1050. The summed E-state index contributed by atoms with van der Waals surface area (Å²) in [5, 5.41) is 17.5. The highest BCUT2D eigenvalue weighted by Crippen LogP contribution is 2.38. The molecule has 0 amide bonds. The molecule has 0 bridgehead atoms. The first kappa shape index (κ1) is 31.3. The number of methoxy groups -OCH3 is 1. The molecule has 4 rings (SSSR count). The van der Waals surface area contributed by atoms with Crippen molar-refractivity contribution in [2.75, 3.05) is 43.6 Å². The monoisotopic (exact) mass is 570 g/mol. The van der Waals surface area contributed by atoms with Gasteiger partial charge in [-0.3, -0.25) is 0 Å². The van der Waals surface area contributed by atoms with Crippen molar-refractivity contribution in [1.82, 2.24) is 19.9 Å². The van der Waals surface area contributed by atoms with Crippen molar-refractivity contribution in [3.05, 3.63) is 30.9 Å². The number of hydrogen-bond donors (Lipinski definition) is 3. The number of halogens is 6. The lowest BCUT2D eigenvalue weighted by molar-refractivity contribution is -0.193. The molecule has 2 saturated heterocycles. The van der Waals surface area contributed by atoms with E-state index in [0.29, 0.717) is 17.7 Å². The van der Waals surface area contributed by atoms with Crippen molar-refractivity contribution in [3.63, 3.8) is 0 Å². The second kappa shape index (κ2) is 13.2. The number of anilines is 2. The maximum Gasteiger partial charge on any atom is 0.490 e. The second-order valence-corrected chi connectivity index (χ2v) is 8.23. The molecule has 39 heavy (non-hydrogen) atoms.